The molecule has 0 N–H and O–H groups in total. The van der Waals surface area contributed by atoms with E-state index < -0.39 is 53.7 Å². The maximum Gasteiger partial charge on any atom is 2.00 e. The fourth-order valence-electron chi connectivity index (χ4n) is 8.17. The Balaban J connectivity index is 0.00000693. The molecular formula is C58H51N3OPt. The Hall–Kier alpha value is -6.35. The summed E-state index contributed by atoms with van der Waals surface area (Å²) < 4.78 is 87.2. The number of para-hydroxylation sites is 1. The molecule has 5 heteroatoms. The van der Waals surface area contributed by atoms with Crippen LogP contribution in [0.15, 0.2) is 164 Å². The largest absolute Gasteiger partial charge is 2.00 e. The number of hydrogen-bond acceptors (Lipinski definition) is 3. The van der Waals surface area contributed by atoms with Crippen LogP contribution in [0.25, 0.3) is 83.9 Å². The van der Waals surface area contributed by atoms with Gasteiger partial charge < -0.3 is 4.74 Å². The van der Waals surface area contributed by atoms with Crippen LogP contribution in [0, 0.1) is 27.0 Å². The third-order valence-corrected chi connectivity index (χ3v) is 11.2. The van der Waals surface area contributed by atoms with Crippen molar-refractivity contribution in [2.24, 2.45) is 0 Å². The van der Waals surface area contributed by atoms with Crippen LogP contribution in [0.1, 0.15) is 75.1 Å². The van der Waals surface area contributed by atoms with Crippen LogP contribution in [0.2, 0.25) is 0 Å². The molecule has 2 heterocycles. The van der Waals surface area contributed by atoms with Gasteiger partial charge in [-0.1, -0.05) is 161 Å². The third kappa shape index (κ3) is 8.45. The summed E-state index contributed by atoms with van der Waals surface area (Å²) in [7, 11) is 3.89. The maximum absolute atomic E-state index is 9.53. The Morgan fingerprint density at radius 3 is 2.06 bits per heavy atom. The van der Waals surface area contributed by atoms with Gasteiger partial charge in [0.15, 0.2) is 0 Å². The standard InChI is InChI=1S/C58H51N3O.Pt/c1-37(2)48-35-50(42-23-16-11-17-24-42)54(36-49(48)41-21-14-10-15-22-41)61-53-26-18-25-47(55(53)60-57(61)51-30-38(3)29-39(4)56(51)62-8)44-31-45(33-46(32-44)58(5,6)7)52-34-43(27-28-59-52)40-19-12-9-13-20-40;/h9-30,32-37H,8H2,1-7H3;/q-2;+2/i9D,12D,13D,19D,20D,27D,28D,34D,37D;. The molecule has 0 unspecified atom stereocenters. The molecule has 7 aromatic carbocycles. The molecule has 0 saturated carbocycles. The number of benzene rings is 7. The van der Waals surface area contributed by atoms with Gasteiger partial charge in [-0.25, -0.2) is 4.98 Å². The van der Waals surface area contributed by atoms with Crippen LogP contribution in [0.5, 0.6) is 5.75 Å². The first-order chi connectivity index (χ1) is 33.6. The third-order valence-electron chi connectivity index (χ3n) is 11.2. The number of nitrogens with zero attached hydrogens (tertiary/aromatic N) is 3. The molecule has 0 saturated heterocycles. The van der Waals surface area contributed by atoms with Crippen molar-refractivity contribution in [1.29, 1.82) is 0 Å². The SMILES string of the molecule is [2H]c1nc(-c2[c-]c(-c3cccc4c3nc(-c3cc(C)cc(C)c3O[CH2-])n4-c3cc(-c4ccccc4)c(C([2H])(C)C)cc3-c3ccccc3)cc(C(C)(C)C)c2)c([2H])c(-c2c([2H])c([2H])c([2H])c([2H])c2[2H])c1[2H].[Pt+2]. The summed E-state index contributed by atoms with van der Waals surface area (Å²) >= 11 is 0. The second kappa shape index (κ2) is 17.8. The second-order valence-corrected chi connectivity index (χ2v) is 16.8. The number of fused-ring (bicyclic) bond motifs is 1. The predicted molar refractivity (Wildman–Crippen MR) is 259 cm³/mol. The Morgan fingerprint density at radius 1 is 0.714 bits per heavy atom. The predicted octanol–water partition coefficient (Wildman–Crippen LogP) is 15.4. The van der Waals surface area contributed by atoms with Crippen LogP contribution in [0.4, 0.5) is 0 Å². The zero-order chi connectivity index (χ0) is 51.0. The molecule has 314 valence electrons. The first-order valence-corrected chi connectivity index (χ1v) is 20.6. The number of aromatic nitrogens is 3. The minimum absolute atomic E-state index is 0. The molecule has 0 aliphatic rings. The van der Waals surface area contributed by atoms with Crippen molar-refractivity contribution in [2.75, 3.05) is 0 Å². The molecule has 0 radical (unpaired) electrons. The summed E-state index contributed by atoms with van der Waals surface area (Å²) in [6, 6.07) is 38.0. The van der Waals surface area contributed by atoms with Gasteiger partial charge in [-0.05, 0) is 100.0 Å². The normalized spacial score (nSPS) is 13.7. The average Bonchev–Trinajstić information content (AvgIpc) is 3.74. The van der Waals surface area contributed by atoms with Gasteiger partial charge in [-0.2, -0.15) is 7.11 Å². The summed E-state index contributed by atoms with van der Waals surface area (Å²) in [5.74, 6) is 0.139. The van der Waals surface area contributed by atoms with Crippen LogP contribution >= 0.6 is 0 Å². The van der Waals surface area contributed by atoms with E-state index in [9.17, 15) is 2.74 Å². The molecule has 9 rings (SSSR count). The van der Waals surface area contributed by atoms with Gasteiger partial charge in [0.2, 0.25) is 0 Å². The number of hydrogen-bond donors (Lipinski definition) is 0. The summed E-state index contributed by atoms with van der Waals surface area (Å²) in [6.45, 7) is 14.0. The van der Waals surface area contributed by atoms with E-state index in [4.69, 9.17) is 19.3 Å². The number of ether oxygens (including phenoxy) is 1. The van der Waals surface area contributed by atoms with E-state index in [0.29, 0.717) is 39.3 Å². The molecule has 0 aliphatic carbocycles. The van der Waals surface area contributed by atoms with Crippen molar-refractivity contribution in [3.8, 4) is 78.6 Å². The summed E-state index contributed by atoms with van der Waals surface area (Å²) in [5, 5.41) is 0. The Bertz CT molecular complexity index is 3570. The quantitative estimate of drug-likeness (QED) is 0.135. The van der Waals surface area contributed by atoms with Gasteiger partial charge in [0.25, 0.3) is 0 Å². The first-order valence-electron chi connectivity index (χ1n) is 25.1. The van der Waals surface area contributed by atoms with Crippen molar-refractivity contribution in [3.05, 3.63) is 199 Å². The van der Waals surface area contributed by atoms with E-state index in [0.717, 1.165) is 55.7 Å². The summed E-state index contributed by atoms with van der Waals surface area (Å²) in [5.41, 5.74) is 10.5. The fourth-order valence-corrected chi connectivity index (χ4v) is 8.17. The zero-order valence-electron chi connectivity index (χ0n) is 45.2. The number of imidazole rings is 1. The van der Waals surface area contributed by atoms with Gasteiger partial charge >= 0.3 is 21.1 Å². The van der Waals surface area contributed by atoms with E-state index >= 15 is 0 Å². The second-order valence-electron chi connectivity index (χ2n) is 16.8. The van der Waals surface area contributed by atoms with Gasteiger partial charge in [0.1, 0.15) is 5.82 Å². The van der Waals surface area contributed by atoms with Crippen molar-refractivity contribution < 1.29 is 38.1 Å². The van der Waals surface area contributed by atoms with Crippen LogP contribution < -0.4 is 4.74 Å². The summed E-state index contributed by atoms with van der Waals surface area (Å²) in [4.78, 5) is 10.0. The molecule has 2 aromatic heterocycles. The average molecular weight is 1010 g/mol. The molecule has 63 heavy (non-hydrogen) atoms. The maximum atomic E-state index is 9.53. The van der Waals surface area contributed by atoms with Crippen molar-refractivity contribution in [1.82, 2.24) is 14.5 Å². The van der Waals surface area contributed by atoms with Gasteiger partial charge in [-0.3, -0.25) is 9.55 Å². The minimum Gasteiger partial charge on any atom is -0.665 e. The van der Waals surface area contributed by atoms with Gasteiger partial charge in [0.05, 0.1) is 39.0 Å². The van der Waals surface area contributed by atoms with Crippen molar-refractivity contribution >= 4 is 11.0 Å². The number of aryl methyl sites for hydroxylation is 2. The summed E-state index contributed by atoms with van der Waals surface area (Å²) in [6.07, 6.45) is -0.528. The van der Waals surface area contributed by atoms with E-state index in [1.807, 2.05) is 107 Å². The molecule has 9 aromatic rings. The van der Waals surface area contributed by atoms with Crippen molar-refractivity contribution in [3.63, 3.8) is 0 Å². The van der Waals surface area contributed by atoms with Crippen LogP contribution in [0.3, 0.4) is 0 Å². The first kappa shape index (κ1) is 33.2. The van der Waals surface area contributed by atoms with E-state index in [-0.39, 0.29) is 43.9 Å². The zero-order valence-corrected chi connectivity index (χ0v) is 38.5. The molecule has 0 fully saturated rings. The number of pyridine rings is 1. The van der Waals surface area contributed by atoms with E-state index in [1.54, 1.807) is 0 Å². The molecular weight excluding hydrogens is 950 g/mol. The molecule has 0 amide bonds. The monoisotopic (exact) mass is 1010 g/mol. The Kier molecular flexibility index (Phi) is 9.39. The van der Waals surface area contributed by atoms with Crippen LogP contribution in [-0.2, 0) is 26.5 Å². The topological polar surface area (TPSA) is 39.9 Å². The Morgan fingerprint density at radius 2 is 1.40 bits per heavy atom. The molecule has 0 bridgehead atoms. The molecule has 0 atom stereocenters. The van der Waals surface area contributed by atoms with E-state index in [1.165, 1.54) is 0 Å². The number of rotatable bonds is 9. The minimum atomic E-state index is -0.987. The molecule has 0 spiro atoms. The van der Waals surface area contributed by atoms with Gasteiger partial charge in [-0.15, -0.1) is 29.3 Å². The smallest absolute Gasteiger partial charge is 0.665 e. The fraction of sp³-hybridized carbons (Fsp3) is 0.155. The van der Waals surface area contributed by atoms with Crippen LogP contribution in [-0.4, -0.2) is 14.5 Å². The molecule has 4 nitrogen and oxygen atoms in total. The van der Waals surface area contributed by atoms with E-state index in [2.05, 4.69) is 79.9 Å². The molecule has 0 aliphatic heterocycles. The van der Waals surface area contributed by atoms with Crippen molar-refractivity contribution in [2.45, 2.75) is 59.8 Å². The van der Waals surface area contributed by atoms with Gasteiger partial charge in [0, 0.05) is 18.8 Å². The Labute approximate surface area is 399 Å².